The van der Waals surface area contributed by atoms with Gasteiger partial charge in [-0.3, -0.25) is 0 Å². The van der Waals surface area contributed by atoms with Crippen molar-refractivity contribution < 1.29 is 9.53 Å². The summed E-state index contributed by atoms with van der Waals surface area (Å²) in [6, 6.07) is 14.4. The summed E-state index contributed by atoms with van der Waals surface area (Å²) in [6.45, 7) is 9.95. The fraction of sp³-hybridized carbons (Fsp3) is 0.500. The van der Waals surface area contributed by atoms with Crippen LogP contribution < -0.4 is 20.7 Å². The van der Waals surface area contributed by atoms with Crippen molar-refractivity contribution in [3.63, 3.8) is 0 Å². The molecule has 0 aliphatic rings. The molecule has 0 aliphatic carbocycles. The van der Waals surface area contributed by atoms with E-state index < -0.39 is 0 Å². The number of thioether (sulfide) groups is 1. The highest BCUT2D eigenvalue weighted by Gasteiger charge is 2.17. The molecule has 0 aromatic heterocycles. The first kappa shape index (κ1) is 26.1. The van der Waals surface area contributed by atoms with Crippen LogP contribution >= 0.6 is 11.8 Å². The van der Waals surface area contributed by atoms with Crippen molar-refractivity contribution in [2.24, 2.45) is 0 Å². The lowest BCUT2D eigenvalue weighted by molar-refractivity contribution is 0.250. The van der Waals surface area contributed by atoms with Crippen LogP contribution in [-0.2, 0) is 6.54 Å². The number of carbonyl (C=O) groups is 1. The Morgan fingerprint density at radius 2 is 1.62 bits per heavy atom. The molecule has 0 aliphatic heterocycles. The zero-order chi connectivity index (χ0) is 23.5. The van der Waals surface area contributed by atoms with Crippen LogP contribution in [0.2, 0.25) is 0 Å². The molecule has 0 fully saturated rings. The third-order valence-corrected chi connectivity index (χ3v) is 6.19. The molecule has 0 saturated carbocycles. The minimum Gasteiger partial charge on any atom is -0.497 e. The van der Waals surface area contributed by atoms with Gasteiger partial charge < -0.3 is 20.7 Å². The number of rotatable bonds is 12. The lowest BCUT2D eigenvalue weighted by Crippen LogP contribution is -2.42. The summed E-state index contributed by atoms with van der Waals surface area (Å²) in [5.74, 6) is 2.57. The molecule has 0 heterocycles. The molecule has 32 heavy (non-hydrogen) atoms. The Labute approximate surface area is 198 Å². The normalized spacial score (nSPS) is 12.1. The molecular weight excluding hydrogens is 418 g/mol. The van der Waals surface area contributed by atoms with Crippen molar-refractivity contribution >= 4 is 23.5 Å². The number of benzene rings is 2. The smallest absolute Gasteiger partial charge is 0.319 e. The largest absolute Gasteiger partial charge is 0.497 e. The number of carbonyl (C=O) groups excluding carboxylic acids is 1. The van der Waals surface area contributed by atoms with Gasteiger partial charge in [0.05, 0.1) is 7.11 Å². The molecule has 1 atom stereocenters. The summed E-state index contributed by atoms with van der Waals surface area (Å²) < 4.78 is 5.23. The Balaban J connectivity index is 1.99. The van der Waals surface area contributed by atoms with E-state index in [0.29, 0.717) is 18.4 Å². The van der Waals surface area contributed by atoms with Crippen LogP contribution in [0.3, 0.4) is 0 Å². The fourth-order valence-corrected chi connectivity index (χ4v) is 4.13. The molecule has 3 N–H and O–H groups in total. The second-order valence-corrected chi connectivity index (χ2v) is 9.65. The van der Waals surface area contributed by atoms with Crippen molar-refractivity contribution in [2.45, 2.75) is 58.5 Å². The van der Waals surface area contributed by atoms with Gasteiger partial charge >= 0.3 is 6.03 Å². The number of hydrogen-bond acceptors (Lipinski definition) is 4. The van der Waals surface area contributed by atoms with E-state index in [1.54, 1.807) is 7.11 Å². The van der Waals surface area contributed by atoms with E-state index in [0.717, 1.165) is 30.2 Å². The molecule has 1 unspecified atom stereocenters. The van der Waals surface area contributed by atoms with E-state index >= 15 is 0 Å². The Kier molecular flexibility index (Phi) is 10.9. The summed E-state index contributed by atoms with van der Waals surface area (Å²) in [5.41, 5.74) is 4.48. The molecule has 2 amide bonds. The Morgan fingerprint density at radius 1 is 1.00 bits per heavy atom. The van der Waals surface area contributed by atoms with E-state index in [9.17, 15) is 4.79 Å². The van der Waals surface area contributed by atoms with Gasteiger partial charge in [0.15, 0.2) is 0 Å². The van der Waals surface area contributed by atoms with E-state index in [1.807, 2.05) is 23.9 Å². The number of nitrogens with one attached hydrogen (secondary N) is 3. The van der Waals surface area contributed by atoms with Crippen LogP contribution in [-0.4, -0.2) is 37.7 Å². The predicted octanol–water partition coefficient (Wildman–Crippen LogP) is 5.98. The Bertz CT molecular complexity index is 811. The summed E-state index contributed by atoms with van der Waals surface area (Å²) in [4.78, 5) is 12.8. The van der Waals surface area contributed by atoms with Crippen LogP contribution in [0.1, 0.15) is 62.6 Å². The molecule has 176 valence electrons. The molecule has 0 radical (unpaired) electrons. The average molecular weight is 458 g/mol. The first-order chi connectivity index (χ1) is 15.3. The van der Waals surface area contributed by atoms with Gasteiger partial charge in [-0.25, -0.2) is 4.79 Å². The lowest BCUT2D eigenvalue weighted by atomic mass is 9.93. The van der Waals surface area contributed by atoms with Crippen LogP contribution in [0.5, 0.6) is 5.75 Å². The predicted molar refractivity (Wildman–Crippen MR) is 138 cm³/mol. The summed E-state index contributed by atoms with van der Waals surface area (Å²) in [6.07, 6.45) is 3.09. The van der Waals surface area contributed by atoms with E-state index in [4.69, 9.17) is 4.74 Å². The second-order valence-electron chi connectivity index (χ2n) is 8.66. The van der Waals surface area contributed by atoms with E-state index in [2.05, 4.69) is 80.2 Å². The SMILES string of the molecule is COc1ccc(CNC(CCSC)CNC(=O)Nc2c(C(C)C)cccc2C(C)C)cc1. The van der Waals surface area contributed by atoms with Crippen LogP contribution in [0.15, 0.2) is 42.5 Å². The number of para-hydroxylation sites is 1. The van der Waals surface area contributed by atoms with Gasteiger partial charge in [-0.1, -0.05) is 58.0 Å². The molecule has 0 spiro atoms. The first-order valence-corrected chi connectivity index (χ1v) is 12.8. The lowest BCUT2D eigenvalue weighted by Gasteiger charge is -2.22. The van der Waals surface area contributed by atoms with Gasteiger partial charge in [0.1, 0.15) is 5.75 Å². The molecule has 5 nitrogen and oxygen atoms in total. The monoisotopic (exact) mass is 457 g/mol. The molecule has 6 heteroatoms. The van der Waals surface area contributed by atoms with Crippen LogP contribution in [0.4, 0.5) is 10.5 Å². The van der Waals surface area contributed by atoms with Crippen molar-refractivity contribution in [2.75, 3.05) is 31.0 Å². The fourth-order valence-electron chi connectivity index (χ4n) is 3.61. The molecule has 0 bridgehead atoms. The highest BCUT2D eigenvalue weighted by Crippen LogP contribution is 2.32. The quantitative estimate of drug-likeness (QED) is 0.367. The van der Waals surface area contributed by atoms with Gasteiger partial charge in [0, 0.05) is 24.8 Å². The number of amides is 2. The topological polar surface area (TPSA) is 62.4 Å². The van der Waals surface area contributed by atoms with Crippen LogP contribution in [0.25, 0.3) is 0 Å². The summed E-state index contributed by atoms with van der Waals surface area (Å²) >= 11 is 1.82. The summed E-state index contributed by atoms with van der Waals surface area (Å²) in [7, 11) is 1.67. The molecular formula is C26H39N3O2S. The maximum Gasteiger partial charge on any atom is 0.319 e. The van der Waals surface area contributed by atoms with Crippen molar-refractivity contribution in [3.8, 4) is 5.75 Å². The maximum absolute atomic E-state index is 12.8. The highest BCUT2D eigenvalue weighted by molar-refractivity contribution is 7.98. The van der Waals surface area contributed by atoms with Gasteiger partial charge in [0.25, 0.3) is 0 Å². The number of hydrogen-bond donors (Lipinski definition) is 3. The third kappa shape index (κ3) is 8.06. The van der Waals surface area contributed by atoms with Crippen LogP contribution in [0, 0.1) is 0 Å². The van der Waals surface area contributed by atoms with Gasteiger partial charge in [-0.2, -0.15) is 11.8 Å². The standard InChI is InChI=1S/C26H39N3O2S/c1-18(2)23-8-7-9-24(19(3)4)25(23)29-26(30)28-17-21(14-15-32-6)27-16-20-10-12-22(31-5)13-11-20/h7-13,18-19,21,27H,14-17H2,1-6H3,(H2,28,29,30). The zero-order valence-corrected chi connectivity index (χ0v) is 21.1. The Hall–Kier alpha value is -2.18. The minimum absolute atomic E-state index is 0.152. The Morgan fingerprint density at radius 3 is 2.16 bits per heavy atom. The summed E-state index contributed by atoms with van der Waals surface area (Å²) in [5, 5.41) is 9.82. The van der Waals surface area contributed by atoms with Gasteiger partial charge in [0.2, 0.25) is 0 Å². The maximum atomic E-state index is 12.8. The second kappa shape index (κ2) is 13.4. The van der Waals surface area contributed by atoms with E-state index in [-0.39, 0.29) is 12.1 Å². The number of anilines is 1. The van der Waals surface area contributed by atoms with Crippen molar-refractivity contribution in [1.82, 2.24) is 10.6 Å². The number of methoxy groups -OCH3 is 1. The number of ether oxygens (including phenoxy) is 1. The van der Waals surface area contributed by atoms with Crippen molar-refractivity contribution in [1.29, 1.82) is 0 Å². The molecule has 2 aromatic rings. The highest BCUT2D eigenvalue weighted by atomic mass is 32.2. The van der Waals surface area contributed by atoms with E-state index in [1.165, 1.54) is 16.7 Å². The van der Waals surface area contributed by atoms with Crippen molar-refractivity contribution in [3.05, 3.63) is 59.2 Å². The minimum atomic E-state index is -0.152. The average Bonchev–Trinajstić information content (AvgIpc) is 2.78. The number of urea groups is 1. The zero-order valence-electron chi connectivity index (χ0n) is 20.3. The van der Waals surface area contributed by atoms with Gasteiger partial charge in [-0.05, 0) is 59.1 Å². The molecule has 2 rings (SSSR count). The molecule has 0 saturated heterocycles. The molecule has 2 aromatic carbocycles. The van der Waals surface area contributed by atoms with Gasteiger partial charge in [-0.15, -0.1) is 0 Å². The third-order valence-electron chi connectivity index (χ3n) is 5.54. The first-order valence-electron chi connectivity index (χ1n) is 11.4.